The Bertz CT molecular complexity index is 563. The molecule has 0 spiro atoms. The molecule has 2 amide bonds. The molecule has 0 saturated heterocycles. The van der Waals surface area contributed by atoms with Crippen molar-refractivity contribution in [3.8, 4) is 0 Å². The highest BCUT2D eigenvalue weighted by atomic mass is 16.3. The van der Waals surface area contributed by atoms with E-state index in [0.717, 1.165) is 24.0 Å². The van der Waals surface area contributed by atoms with Gasteiger partial charge in [0.1, 0.15) is 0 Å². The van der Waals surface area contributed by atoms with Crippen molar-refractivity contribution in [2.45, 2.75) is 39.2 Å². The van der Waals surface area contributed by atoms with E-state index in [1.165, 1.54) is 0 Å². The van der Waals surface area contributed by atoms with E-state index >= 15 is 0 Å². The Morgan fingerprint density at radius 3 is 2.57 bits per heavy atom. The van der Waals surface area contributed by atoms with Gasteiger partial charge in [-0.25, -0.2) is 0 Å². The summed E-state index contributed by atoms with van der Waals surface area (Å²) in [5.41, 5.74) is 1.67. The SMILES string of the molecule is Cc1cccc(NC(=O)C(=O)NCC(C)(O)C2CC2)c1C. The second-order valence-electron chi connectivity index (χ2n) is 6.02. The lowest BCUT2D eigenvalue weighted by Gasteiger charge is -2.23. The van der Waals surface area contributed by atoms with Crippen molar-refractivity contribution < 1.29 is 14.7 Å². The third-order valence-electron chi connectivity index (χ3n) is 4.12. The maximum Gasteiger partial charge on any atom is 0.313 e. The van der Waals surface area contributed by atoms with Crippen LogP contribution in [-0.4, -0.2) is 29.1 Å². The number of rotatable bonds is 4. The summed E-state index contributed by atoms with van der Waals surface area (Å²) in [6, 6.07) is 5.53. The van der Waals surface area contributed by atoms with E-state index in [0.29, 0.717) is 5.69 Å². The minimum atomic E-state index is -0.935. The predicted octanol–water partition coefficient (Wildman–Crippen LogP) is 1.52. The molecule has 1 aliphatic carbocycles. The van der Waals surface area contributed by atoms with Crippen molar-refractivity contribution in [3.05, 3.63) is 29.3 Å². The van der Waals surface area contributed by atoms with Crippen molar-refractivity contribution >= 4 is 17.5 Å². The summed E-state index contributed by atoms with van der Waals surface area (Å²) in [4.78, 5) is 23.7. The van der Waals surface area contributed by atoms with Gasteiger partial charge in [0, 0.05) is 12.2 Å². The predicted molar refractivity (Wildman–Crippen MR) is 80.9 cm³/mol. The fourth-order valence-electron chi connectivity index (χ4n) is 2.25. The Morgan fingerprint density at radius 2 is 1.95 bits per heavy atom. The summed E-state index contributed by atoms with van der Waals surface area (Å²) < 4.78 is 0. The number of carbonyl (C=O) groups is 2. The molecule has 21 heavy (non-hydrogen) atoms. The van der Waals surface area contributed by atoms with Gasteiger partial charge in [0.15, 0.2) is 0 Å². The van der Waals surface area contributed by atoms with E-state index in [-0.39, 0.29) is 12.5 Å². The van der Waals surface area contributed by atoms with Gasteiger partial charge in [-0.15, -0.1) is 0 Å². The number of anilines is 1. The number of carbonyl (C=O) groups excluding carboxylic acids is 2. The van der Waals surface area contributed by atoms with Gasteiger partial charge in [0.25, 0.3) is 0 Å². The van der Waals surface area contributed by atoms with Gasteiger partial charge in [-0.1, -0.05) is 12.1 Å². The fraction of sp³-hybridized carbons (Fsp3) is 0.500. The molecule has 0 aliphatic heterocycles. The highest BCUT2D eigenvalue weighted by Gasteiger charge is 2.40. The van der Waals surface area contributed by atoms with Crippen molar-refractivity contribution in [1.29, 1.82) is 0 Å². The van der Waals surface area contributed by atoms with E-state index < -0.39 is 17.4 Å². The molecule has 5 heteroatoms. The van der Waals surface area contributed by atoms with E-state index in [9.17, 15) is 14.7 Å². The molecule has 1 unspecified atom stereocenters. The largest absolute Gasteiger partial charge is 0.388 e. The number of aliphatic hydroxyl groups is 1. The standard InChI is InChI=1S/C16H22N2O3/c1-10-5-4-6-13(11(10)2)18-15(20)14(19)17-9-16(3,21)12-7-8-12/h4-6,12,21H,7-9H2,1-3H3,(H,17,19)(H,18,20). The summed E-state index contributed by atoms with van der Waals surface area (Å²) in [5.74, 6) is -1.22. The average Bonchev–Trinajstić information content (AvgIpc) is 3.26. The molecular formula is C16H22N2O3. The lowest BCUT2D eigenvalue weighted by molar-refractivity contribution is -0.136. The summed E-state index contributed by atoms with van der Waals surface area (Å²) in [5, 5.41) is 15.2. The fourth-order valence-corrected chi connectivity index (χ4v) is 2.25. The lowest BCUT2D eigenvalue weighted by Crippen LogP contribution is -2.45. The maximum absolute atomic E-state index is 11.9. The first-order chi connectivity index (χ1) is 9.81. The van der Waals surface area contributed by atoms with Crippen molar-refractivity contribution in [1.82, 2.24) is 5.32 Å². The first-order valence-corrected chi connectivity index (χ1v) is 7.19. The minimum Gasteiger partial charge on any atom is -0.388 e. The van der Waals surface area contributed by atoms with Crippen LogP contribution in [0.1, 0.15) is 30.9 Å². The molecule has 1 saturated carbocycles. The Kier molecular flexibility index (Phi) is 4.32. The topological polar surface area (TPSA) is 78.4 Å². The molecule has 5 nitrogen and oxygen atoms in total. The first kappa shape index (κ1) is 15.5. The lowest BCUT2D eigenvalue weighted by atomic mass is 10.0. The molecule has 0 heterocycles. The highest BCUT2D eigenvalue weighted by molar-refractivity contribution is 6.39. The van der Waals surface area contributed by atoms with Crippen LogP contribution >= 0.6 is 0 Å². The summed E-state index contributed by atoms with van der Waals surface area (Å²) in [7, 11) is 0. The van der Waals surface area contributed by atoms with Gasteiger partial charge in [-0.2, -0.15) is 0 Å². The molecule has 114 valence electrons. The van der Waals surface area contributed by atoms with Crippen LogP contribution in [0.25, 0.3) is 0 Å². The van der Waals surface area contributed by atoms with Crippen LogP contribution in [0.2, 0.25) is 0 Å². The van der Waals surface area contributed by atoms with Crippen molar-refractivity contribution in [3.63, 3.8) is 0 Å². The van der Waals surface area contributed by atoms with Gasteiger partial charge in [0.05, 0.1) is 5.60 Å². The van der Waals surface area contributed by atoms with Gasteiger partial charge in [0.2, 0.25) is 0 Å². The van der Waals surface area contributed by atoms with Crippen LogP contribution in [0, 0.1) is 19.8 Å². The first-order valence-electron chi connectivity index (χ1n) is 7.19. The number of amides is 2. The van der Waals surface area contributed by atoms with E-state index in [1.807, 2.05) is 26.0 Å². The molecule has 1 aliphatic rings. The summed E-state index contributed by atoms with van der Waals surface area (Å²) in [6.45, 7) is 5.61. The molecular weight excluding hydrogens is 268 g/mol. The quantitative estimate of drug-likeness (QED) is 0.736. The number of benzene rings is 1. The second-order valence-corrected chi connectivity index (χ2v) is 6.02. The molecule has 1 atom stereocenters. The van der Waals surface area contributed by atoms with E-state index in [1.54, 1.807) is 13.0 Å². The van der Waals surface area contributed by atoms with Crippen LogP contribution in [0.3, 0.4) is 0 Å². The molecule has 1 aromatic rings. The zero-order valence-corrected chi connectivity index (χ0v) is 12.7. The minimum absolute atomic E-state index is 0.0940. The van der Waals surface area contributed by atoms with Crippen LogP contribution < -0.4 is 10.6 Å². The number of nitrogens with one attached hydrogen (secondary N) is 2. The van der Waals surface area contributed by atoms with Gasteiger partial charge >= 0.3 is 11.8 Å². The number of hydrogen-bond donors (Lipinski definition) is 3. The molecule has 3 N–H and O–H groups in total. The maximum atomic E-state index is 11.9. The van der Waals surface area contributed by atoms with Gasteiger partial charge in [-0.05, 0) is 56.7 Å². The smallest absolute Gasteiger partial charge is 0.313 e. The average molecular weight is 290 g/mol. The van der Waals surface area contributed by atoms with Crippen LogP contribution in [0.4, 0.5) is 5.69 Å². The van der Waals surface area contributed by atoms with Gasteiger partial charge < -0.3 is 15.7 Å². The van der Waals surface area contributed by atoms with Crippen LogP contribution in [0.15, 0.2) is 18.2 Å². The van der Waals surface area contributed by atoms with Crippen molar-refractivity contribution in [2.75, 3.05) is 11.9 Å². The summed E-state index contributed by atoms with van der Waals surface area (Å²) in [6.07, 6.45) is 1.94. The second kappa shape index (κ2) is 5.85. The number of aryl methyl sites for hydroxylation is 1. The Hall–Kier alpha value is -1.88. The molecule has 0 aromatic heterocycles. The number of hydrogen-bond acceptors (Lipinski definition) is 3. The molecule has 1 fully saturated rings. The van der Waals surface area contributed by atoms with Crippen LogP contribution in [-0.2, 0) is 9.59 Å². The third-order valence-corrected chi connectivity index (χ3v) is 4.12. The third kappa shape index (κ3) is 3.82. The zero-order valence-electron chi connectivity index (χ0n) is 12.7. The molecule has 1 aromatic carbocycles. The van der Waals surface area contributed by atoms with Crippen LogP contribution in [0.5, 0.6) is 0 Å². The van der Waals surface area contributed by atoms with Gasteiger partial charge in [-0.3, -0.25) is 9.59 Å². The van der Waals surface area contributed by atoms with E-state index in [2.05, 4.69) is 10.6 Å². The Morgan fingerprint density at radius 1 is 1.29 bits per heavy atom. The van der Waals surface area contributed by atoms with E-state index in [4.69, 9.17) is 0 Å². The molecule has 2 rings (SSSR count). The Labute approximate surface area is 124 Å². The zero-order chi connectivity index (χ0) is 15.6. The van der Waals surface area contributed by atoms with Crippen molar-refractivity contribution in [2.24, 2.45) is 5.92 Å². The highest BCUT2D eigenvalue weighted by Crippen LogP contribution is 2.38. The molecule has 0 bridgehead atoms. The molecule has 0 radical (unpaired) electrons. The normalized spacial score (nSPS) is 17.0. The summed E-state index contributed by atoms with van der Waals surface area (Å²) >= 11 is 0. The Balaban J connectivity index is 1.90. The monoisotopic (exact) mass is 290 g/mol.